The highest BCUT2D eigenvalue weighted by Crippen LogP contribution is 2.36. The van der Waals surface area contributed by atoms with Crippen molar-refractivity contribution in [2.45, 2.75) is 26.2 Å². The first kappa shape index (κ1) is 13.9. The molecule has 1 aromatic heterocycles. The molecule has 1 aromatic carbocycles. The van der Waals surface area contributed by atoms with E-state index in [2.05, 4.69) is 50.9 Å². The summed E-state index contributed by atoms with van der Waals surface area (Å²) in [4.78, 5) is 0. The fourth-order valence-electron chi connectivity index (χ4n) is 2.04. The van der Waals surface area contributed by atoms with Crippen LogP contribution in [0.1, 0.15) is 24.7 Å². The smallest absolute Gasteiger partial charge is 0.148 e. The number of hydrogen-bond donors (Lipinski definition) is 0. The van der Waals surface area contributed by atoms with Gasteiger partial charge in [-0.3, -0.25) is 0 Å². The molecule has 0 bridgehead atoms. The van der Waals surface area contributed by atoms with Gasteiger partial charge in [-0.05, 0) is 28.8 Å². The van der Waals surface area contributed by atoms with E-state index in [0.717, 1.165) is 46.1 Å². The Labute approximate surface area is 125 Å². The van der Waals surface area contributed by atoms with Crippen LogP contribution in [0.5, 0.6) is 0 Å². The number of alkyl halides is 1. The van der Waals surface area contributed by atoms with Gasteiger partial charge in [-0.25, -0.2) is 0 Å². The van der Waals surface area contributed by atoms with Crippen LogP contribution in [0.4, 0.5) is 0 Å². The Balaban J connectivity index is 2.46. The van der Waals surface area contributed by atoms with Crippen LogP contribution in [0.3, 0.4) is 0 Å². The average molecular weight is 372 g/mol. The van der Waals surface area contributed by atoms with Crippen LogP contribution < -0.4 is 0 Å². The molecule has 0 spiro atoms. The quantitative estimate of drug-likeness (QED) is 0.623. The molecule has 0 atom stereocenters. The van der Waals surface area contributed by atoms with Gasteiger partial charge < -0.3 is 4.42 Å². The standard InChI is InChI=1S/C15H16Br2O/c1-2-6-13-12(9-10-16)14(17)15(18-13)11-7-4-3-5-8-11/h3-5,7-8H,2,6,9-10H2,1H3. The van der Waals surface area contributed by atoms with Crippen molar-refractivity contribution in [1.82, 2.24) is 0 Å². The monoisotopic (exact) mass is 370 g/mol. The van der Waals surface area contributed by atoms with Crippen molar-refractivity contribution in [1.29, 1.82) is 0 Å². The molecule has 0 amide bonds. The van der Waals surface area contributed by atoms with Gasteiger partial charge in [0.15, 0.2) is 0 Å². The zero-order valence-corrected chi connectivity index (χ0v) is 13.6. The molecule has 96 valence electrons. The highest BCUT2D eigenvalue weighted by atomic mass is 79.9. The largest absolute Gasteiger partial charge is 0.460 e. The lowest BCUT2D eigenvalue weighted by Gasteiger charge is -1.98. The Morgan fingerprint density at radius 3 is 2.44 bits per heavy atom. The summed E-state index contributed by atoms with van der Waals surface area (Å²) < 4.78 is 7.16. The second kappa shape index (κ2) is 6.58. The van der Waals surface area contributed by atoms with Crippen molar-refractivity contribution in [3.8, 4) is 11.3 Å². The van der Waals surface area contributed by atoms with Gasteiger partial charge in [0.2, 0.25) is 0 Å². The fourth-order valence-corrected chi connectivity index (χ4v) is 3.16. The summed E-state index contributed by atoms with van der Waals surface area (Å²) in [5.74, 6) is 2.07. The summed E-state index contributed by atoms with van der Waals surface area (Å²) in [7, 11) is 0. The molecule has 0 radical (unpaired) electrons. The Morgan fingerprint density at radius 2 is 1.83 bits per heavy atom. The van der Waals surface area contributed by atoms with E-state index in [4.69, 9.17) is 4.42 Å². The topological polar surface area (TPSA) is 13.1 Å². The minimum absolute atomic E-state index is 0.954. The average Bonchev–Trinajstić information content (AvgIpc) is 2.70. The van der Waals surface area contributed by atoms with Crippen LogP contribution in [0.25, 0.3) is 11.3 Å². The van der Waals surface area contributed by atoms with Gasteiger partial charge in [0.05, 0.1) is 4.47 Å². The van der Waals surface area contributed by atoms with Gasteiger partial charge in [-0.2, -0.15) is 0 Å². The minimum atomic E-state index is 0.954. The lowest BCUT2D eigenvalue weighted by Crippen LogP contribution is -1.91. The Bertz CT molecular complexity index is 503. The highest BCUT2D eigenvalue weighted by Gasteiger charge is 2.18. The summed E-state index contributed by atoms with van der Waals surface area (Å²) in [5, 5.41) is 0.954. The van der Waals surface area contributed by atoms with E-state index in [1.165, 1.54) is 5.56 Å². The molecule has 18 heavy (non-hydrogen) atoms. The second-order valence-electron chi connectivity index (χ2n) is 4.20. The van der Waals surface area contributed by atoms with Crippen LogP contribution in [-0.2, 0) is 12.8 Å². The van der Waals surface area contributed by atoms with Crippen molar-refractivity contribution < 1.29 is 4.42 Å². The summed E-state index contributed by atoms with van der Waals surface area (Å²) in [6.45, 7) is 2.18. The van der Waals surface area contributed by atoms with Gasteiger partial charge in [0, 0.05) is 22.9 Å². The van der Waals surface area contributed by atoms with Crippen molar-refractivity contribution >= 4 is 31.9 Å². The number of furan rings is 1. The predicted octanol–water partition coefficient (Wildman–Crippen LogP) is 5.60. The SMILES string of the molecule is CCCc1oc(-c2ccccc2)c(Br)c1CCBr. The molecule has 2 aromatic rings. The van der Waals surface area contributed by atoms with Gasteiger partial charge in [-0.1, -0.05) is 53.2 Å². The van der Waals surface area contributed by atoms with Crippen LogP contribution in [0.15, 0.2) is 39.2 Å². The molecule has 0 aliphatic carbocycles. The molecule has 0 N–H and O–H groups in total. The fraction of sp³-hybridized carbons (Fsp3) is 0.333. The van der Waals surface area contributed by atoms with Gasteiger partial charge in [0.1, 0.15) is 11.5 Å². The Kier molecular flexibility index (Phi) is 5.07. The molecule has 0 saturated carbocycles. The number of rotatable bonds is 5. The van der Waals surface area contributed by atoms with E-state index in [1.54, 1.807) is 0 Å². The summed E-state index contributed by atoms with van der Waals surface area (Å²) in [5.41, 5.74) is 2.43. The Hall–Kier alpha value is -0.540. The minimum Gasteiger partial charge on any atom is -0.460 e. The van der Waals surface area contributed by atoms with Crippen LogP contribution in [0, 0.1) is 0 Å². The molecule has 0 saturated heterocycles. The van der Waals surface area contributed by atoms with Gasteiger partial charge in [0.25, 0.3) is 0 Å². The zero-order chi connectivity index (χ0) is 13.0. The maximum absolute atomic E-state index is 6.06. The lowest BCUT2D eigenvalue weighted by atomic mass is 10.1. The van der Waals surface area contributed by atoms with Crippen LogP contribution >= 0.6 is 31.9 Å². The molecule has 0 aliphatic heterocycles. The summed E-state index contributed by atoms with van der Waals surface area (Å²) in [6.07, 6.45) is 3.09. The van der Waals surface area contributed by atoms with Crippen molar-refractivity contribution in [3.05, 3.63) is 46.1 Å². The molecule has 1 heterocycles. The maximum atomic E-state index is 6.06. The van der Waals surface area contributed by atoms with E-state index >= 15 is 0 Å². The van der Waals surface area contributed by atoms with Crippen molar-refractivity contribution in [3.63, 3.8) is 0 Å². The molecule has 0 aliphatic rings. The third-order valence-electron chi connectivity index (χ3n) is 2.88. The van der Waals surface area contributed by atoms with E-state index in [0.29, 0.717) is 0 Å². The van der Waals surface area contributed by atoms with E-state index < -0.39 is 0 Å². The number of aryl methyl sites for hydroxylation is 1. The van der Waals surface area contributed by atoms with Gasteiger partial charge >= 0.3 is 0 Å². The van der Waals surface area contributed by atoms with E-state index in [1.807, 2.05) is 18.2 Å². The predicted molar refractivity (Wildman–Crippen MR) is 83.3 cm³/mol. The van der Waals surface area contributed by atoms with Crippen LogP contribution in [0.2, 0.25) is 0 Å². The van der Waals surface area contributed by atoms with E-state index in [9.17, 15) is 0 Å². The van der Waals surface area contributed by atoms with E-state index in [-0.39, 0.29) is 0 Å². The first-order valence-corrected chi connectivity index (χ1v) is 8.10. The summed E-state index contributed by atoms with van der Waals surface area (Å²) in [6, 6.07) is 10.3. The summed E-state index contributed by atoms with van der Waals surface area (Å²) >= 11 is 7.20. The molecule has 0 unspecified atom stereocenters. The highest BCUT2D eigenvalue weighted by molar-refractivity contribution is 9.10. The van der Waals surface area contributed by atoms with Gasteiger partial charge in [-0.15, -0.1) is 0 Å². The second-order valence-corrected chi connectivity index (χ2v) is 5.79. The third kappa shape index (κ3) is 2.89. The zero-order valence-electron chi connectivity index (χ0n) is 10.4. The number of benzene rings is 1. The first-order valence-electron chi connectivity index (χ1n) is 6.19. The molecular weight excluding hydrogens is 356 g/mol. The molecule has 3 heteroatoms. The normalized spacial score (nSPS) is 10.8. The maximum Gasteiger partial charge on any atom is 0.148 e. The first-order chi connectivity index (χ1) is 8.77. The number of halogens is 2. The lowest BCUT2D eigenvalue weighted by molar-refractivity contribution is 0.514. The molecule has 2 rings (SSSR count). The van der Waals surface area contributed by atoms with Crippen LogP contribution in [-0.4, -0.2) is 5.33 Å². The van der Waals surface area contributed by atoms with Crippen molar-refractivity contribution in [2.75, 3.05) is 5.33 Å². The van der Waals surface area contributed by atoms with Crippen molar-refractivity contribution in [2.24, 2.45) is 0 Å². The molecule has 0 fully saturated rings. The molecule has 1 nitrogen and oxygen atoms in total. The molecular formula is C15H16Br2O. The number of hydrogen-bond acceptors (Lipinski definition) is 1. The third-order valence-corrected chi connectivity index (χ3v) is 4.12. The Morgan fingerprint density at radius 1 is 1.11 bits per heavy atom.